The van der Waals surface area contributed by atoms with Crippen LogP contribution in [0.2, 0.25) is 0 Å². The summed E-state index contributed by atoms with van der Waals surface area (Å²) in [5.41, 5.74) is 2.17. The molecule has 3 nitrogen and oxygen atoms in total. The van der Waals surface area contributed by atoms with Crippen molar-refractivity contribution in [2.75, 3.05) is 6.54 Å². The highest BCUT2D eigenvalue weighted by atomic mass is 16.3. The average Bonchev–Trinajstić information content (AvgIpc) is 3.00. The number of hydrogen-bond donors (Lipinski definition) is 2. The third-order valence-electron chi connectivity index (χ3n) is 5.09. The average molecular weight is 287 g/mol. The van der Waals surface area contributed by atoms with Crippen LogP contribution in [0.3, 0.4) is 0 Å². The molecule has 0 saturated heterocycles. The molecule has 0 bridgehead atoms. The maximum absolute atomic E-state index is 12.1. The third kappa shape index (κ3) is 3.29. The van der Waals surface area contributed by atoms with Crippen molar-refractivity contribution in [1.29, 1.82) is 0 Å². The molecular formula is C18H25NO2. The first-order chi connectivity index (χ1) is 9.98. The Labute approximate surface area is 126 Å². The van der Waals surface area contributed by atoms with Crippen LogP contribution < -0.4 is 5.32 Å². The molecule has 3 heteroatoms. The lowest BCUT2D eigenvalue weighted by Gasteiger charge is -2.26. The van der Waals surface area contributed by atoms with Gasteiger partial charge in [0.1, 0.15) is 0 Å². The number of carbonyl (C=O) groups excluding carboxylic acids is 1. The van der Waals surface area contributed by atoms with E-state index in [1.165, 1.54) is 11.1 Å². The SMILES string of the molecule is CC1(CNC(=O)CC2(O)CCCC2)Cc2ccccc2C1. The van der Waals surface area contributed by atoms with E-state index in [0.717, 1.165) is 38.5 Å². The first-order valence-electron chi connectivity index (χ1n) is 8.04. The molecule has 0 spiro atoms. The number of aliphatic hydroxyl groups is 1. The molecule has 0 aromatic heterocycles. The number of fused-ring (bicyclic) bond motifs is 1. The topological polar surface area (TPSA) is 49.3 Å². The Morgan fingerprint density at radius 3 is 2.33 bits per heavy atom. The number of hydrogen-bond acceptors (Lipinski definition) is 2. The summed E-state index contributed by atoms with van der Waals surface area (Å²) in [6.45, 7) is 2.92. The molecule has 1 saturated carbocycles. The molecule has 2 aliphatic carbocycles. The lowest BCUT2D eigenvalue weighted by atomic mass is 9.87. The standard InChI is InChI=1S/C18H25NO2/c1-17(10-14-6-2-3-7-15(14)11-17)13-19-16(20)12-18(21)8-4-5-9-18/h2-3,6-7,21H,4-5,8-13H2,1H3,(H,19,20). The summed E-state index contributed by atoms with van der Waals surface area (Å²) >= 11 is 0. The lowest BCUT2D eigenvalue weighted by molar-refractivity contribution is -0.126. The Balaban J connectivity index is 1.53. The number of nitrogens with one attached hydrogen (secondary N) is 1. The zero-order valence-corrected chi connectivity index (χ0v) is 12.8. The van der Waals surface area contributed by atoms with Crippen molar-refractivity contribution < 1.29 is 9.90 Å². The number of rotatable bonds is 4. The molecule has 114 valence electrons. The number of amides is 1. The van der Waals surface area contributed by atoms with Gasteiger partial charge in [-0.2, -0.15) is 0 Å². The van der Waals surface area contributed by atoms with Crippen LogP contribution in [-0.2, 0) is 17.6 Å². The number of carbonyl (C=O) groups is 1. The first kappa shape index (κ1) is 14.6. The molecule has 1 aromatic carbocycles. The molecule has 0 heterocycles. The molecule has 0 unspecified atom stereocenters. The van der Waals surface area contributed by atoms with Crippen LogP contribution in [0.5, 0.6) is 0 Å². The van der Waals surface area contributed by atoms with Crippen LogP contribution in [0.15, 0.2) is 24.3 Å². The van der Waals surface area contributed by atoms with Crippen LogP contribution in [0.4, 0.5) is 0 Å². The van der Waals surface area contributed by atoms with Gasteiger partial charge in [-0.25, -0.2) is 0 Å². The second kappa shape index (κ2) is 5.45. The number of benzene rings is 1. The van der Waals surface area contributed by atoms with Gasteiger partial charge in [-0.1, -0.05) is 44.0 Å². The van der Waals surface area contributed by atoms with Gasteiger partial charge in [0, 0.05) is 6.54 Å². The Morgan fingerprint density at radius 1 is 1.19 bits per heavy atom. The minimum atomic E-state index is -0.746. The molecule has 0 radical (unpaired) electrons. The molecule has 1 amide bonds. The van der Waals surface area contributed by atoms with Crippen molar-refractivity contribution in [2.24, 2.45) is 5.41 Å². The van der Waals surface area contributed by atoms with E-state index >= 15 is 0 Å². The van der Waals surface area contributed by atoms with Gasteiger partial charge in [0.2, 0.25) is 5.91 Å². The molecule has 2 N–H and O–H groups in total. The second-order valence-corrected chi connectivity index (χ2v) is 7.32. The van der Waals surface area contributed by atoms with Crippen molar-refractivity contribution in [3.8, 4) is 0 Å². The van der Waals surface area contributed by atoms with Crippen molar-refractivity contribution >= 4 is 5.91 Å². The maximum atomic E-state index is 12.1. The van der Waals surface area contributed by atoms with Gasteiger partial charge in [-0.05, 0) is 42.2 Å². The van der Waals surface area contributed by atoms with E-state index in [0.29, 0.717) is 6.54 Å². The fourth-order valence-electron chi connectivity index (χ4n) is 3.89. The Hall–Kier alpha value is -1.35. The van der Waals surface area contributed by atoms with Crippen LogP contribution in [-0.4, -0.2) is 23.2 Å². The fourth-order valence-corrected chi connectivity index (χ4v) is 3.89. The third-order valence-corrected chi connectivity index (χ3v) is 5.09. The van der Waals surface area contributed by atoms with Crippen LogP contribution >= 0.6 is 0 Å². The molecule has 1 fully saturated rings. The van der Waals surface area contributed by atoms with Gasteiger partial charge in [0.05, 0.1) is 12.0 Å². The van der Waals surface area contributed by atoms with Gasteiger partial charge < -0.3 is 10.4 Å². The summed E-state index contributed by atoms with van der Waals surface area (Å²) in [6.07, 6.45) is 5.91. The summed E-state index contributed by atoms with van der Waals surface area (Å²) in [7, 11) is 0. The van der Waals surface area contributed by atoms with Gasteiger partial charge in [0.25, 0.3) is 0 Å². The minimum Gasteiger partial charge on any atom is -0.389 e. The molecule has 2 aliphatic rings. The van der Waals surface area contributed by atoms with Crippen LogP contribution in [0.1, 0.15) is 50.2 Å². The van der Waals surface area contributed by atoms with E-state index in [4.69, 9.17) is 0 Å². The largest absolute Gasteiger partial charge is 0.389 e. The van der Waals surface area contributed by atoms with Gasteiger partial charge >= 0.3 is 0 Å². The monoisotopic (exact) mass is 287 g/mol. The lowest BCUT2D eigenvalue weighted by Crippen LogP contribution is -2.40. The summed E-state index contributed by atoms with van der Waals surface area (Å²) in [5, 5.41) is 13.4. The highest BCUT2D eigenvalue weighted by Gasteiger charge is 2.35. The highest BCUT2D eigenvalue weighted by Crippen LogP contribution is 2.36. The highest BCUT2D eigenvalue weighted by molar-refractivity contribution is 5.77. The Morgan fingerprint density at radius 2 is 1.76 bits per heavy atom. The van der Waals surface area contributed by atoms with E-state index in [1.807, 2.05) is 0 Å². The molecule has 0 aliphatic heterocycles. The smallest absolute Gasteiger partial charge is 0.222 e. The van der Waals surface area contributed by atoms with Crippen molar-refractivity contribution in [3.63, 3.8) is 0 Å². The van der Waals surface area contributed by atoms with E-state index in [-0.39, 0.29) is 17.7 Å². The van der Waals surface area contributed by atoms with Crippen LogP contribution in [0.25, 0.3) is 0 Å². The predicted molar refractivity (Wildman–Crippen MR) is 83.0 cm³/mol. The molecule has 0 atom stereocenters. The maximum Gasteiger partial charge on any atom is 0.222 e. The van der Waals surface area contributed by atoms with Gasteiger partial charge in [-0.3, -0.25) is 4.79 Å². The van der Waals surface area contributed by atoms with Gasteiger partial charge in [-0.15, -0.1) is 0 Å². The Bertz CT molecular complexity index is 507. The Kier molecular flexibility index (Phi) is 3.78. The van der Waals surface area contributed by atoms with Crippen molar-refractivity contribution in [2.45, 2.75) is 57.5 Å². The summed E-state index contributed by atoms with van der Waals surface area (Å²) in [4.78, 5) is 12.1. The van der Waals surface area contributed by atoms with E-state index in [2.05, 4.69) is 36.5 Å². The van der Waals surface area contributed by atoms with E-state index in [1.54, 1.807) is 0 Å². The van der Waals surface area contributed by atoms with Crippen molar-refractivity contribution in [3.05, 3.63) is 35.4 Å². The predicted octanol–water partition coefficient (Wildman–Crippen LogP) is 2.60. The molecule has 3 rings (SSSR count). The summed E-state index contributed by atoms with van der Waals surface area (Å²) in [6, 6.07) is 8.53. The van der Waals surface area contributed by atoms with Crippen LogP contribution in [0, 0.1) is 5.41 Å². The molecular weight excluding hydrogens is 262 g/mol. The fraction of sp³-hybridized carbons (Fsp3) is 0.611. The van der Waals surface area contributed by atoms with Crippen molar-refractivity contribution in [1.82, 2.24) is 5.32 Å². The van der Waals surface area contributed by atoms with Gasteiger partial charge in [0.15, 0.2) is 0 Å². The molecule has 21 heavy (non-hydrogen) atoms. The molecule has 1 aromatic rings. The van der Waals surface area contributed by atoms with E-state index < -0.39 is 5.60 Å². The summed E-state index contributed by atoms with van der Waals surface area (Å²) < 4.78 is 0. The quantitative estimate of drug-likeness (QED) is 0.894. The second-order valence-electron chi connectivity index (χ2n) is 7.32. The summed E-state index contributed by atoms with van der Waals surface area (Å²) in [5.74, 6) is -0.00317. The minimum absolute atomic E-state index is 0.00317. The zero-order valence-electron chi connectivity index (χ0n) is 12.8. The normalized spacial score (nSPS) is 22.0. The first-order valence-corrected chi connectivity index (χ1v) is 8.04. The zero-order chi connectivity index (χ0) is 14.9. The van der Waals surface area contributed by atoms with E-state index in [9.17, 15) is 9.90 Å².